The van der Waals surface area contributed by atoms with E-state index in [1.165, 1.54) is 0 Å². The number of aliphatic carboxylic acids is 1. The van der Waals surface area contributed by atoms with Gasteiger partial charge < -0.3 is 10.8 Å². The molecule has 74 valence electrons. The van der Waals surface area contributed by atoms with Crippen molar-refractivity contribution in [1.29, 1.82) is 0 Å². The topological polar surface area (TPSA) is 122 Å². The van der Waals surface area contributed by atoms with E-state index >= 15 is 0 Å². The lowest BCUT2D eigenvalue weighted by Gasteiger charge is -2.21. The smallest absolute Gasteiger partial charge is 0.343 e. The Kier molecular flexibility index (Phi) is 3.69. The summed E-state index contributed by atoms with van der Waals surface area (Å²) in [4.78, 5) is 29.4. The molecule has 0 radical (unpaired) electrons. The van der Waals surface area contributed by atoms with Crippen LogP contribution >= 0.6 is 12.6 Å². The van der Waals surface area contributed by atoms with Crippen molar-refractivity contribution in [2.45, 2.75) is 11.8 Å². The Labute approximate surface area is 79.0 Å². The van der Waals surface area contributed by atoms with E-state index < -0.39 is 22.7 Å². The van der Waals surface area contributed by atoms with Crippen LogP contribution < -0.4 is 16.6 Å². The lowest BCUT2D eigenvalue weighted by molar-refractivity contribution is -0.144. The summed E-state index contributed by atoms with van der Waals surface area (Å²) in [5.41, 5.74) is 8.29. The number of amides is 2. The fraction of sp³-hybridized carbons (Fsp3) is 0.400. The van der Waals surface area contributed by atoms with Gasteiger partial charge in [0.15, 0.2) is 5.78 Å². The minimum Gasteiger partial charge on any atom is -0.479 e. The van der Waals surface area contributed by atoms with Crippen LogP contribution in [0.4, 0.5) is 4.79 Å². The van der Waals surface area contributed by atoms with Gasteiger partial charge in [0.1, 0.15) is 0 Å². The Morgan fingerprint density at radius 3 is 2.15 bits per heavy atom. The Balaban J connectivity index is 4.52. The molecule has 0 heterocycles. The summed E-state index contributed by atoms with van der Waals surface area (Å²) in [6.07, 6.45) is 0. The molecule has 0 aromatic rings. The molecule has 2 amide bonds. The highest BCUT2D eigenvalue weighted by molar-refractivity contribution is 7.83. The van der Waals surface area contributed by atoms with Crippen LogP contribution in [0.5, 0.6) is 0 Å². The quantitative estimate of drug-likeness (QED) is 0.165. The van der Waals surface area contributed by atoms with E-state index in [1.54, 1.807) is 5.43 Å². The lowest BCUT2D eigenvalue weighted by Crippen LogP contribution is -2.60. The van der Waals surface area contributed by atoms with Gasteiger partial charge in [0.25, 0.3) is 0 Å². The first-order valence-corrected chi connectivity index (χ1v) is 3.55. The third kappa shape index (κ3) is 2.92. The zero-order chi connectivity index (χ0) is 10.6. The number of primary amides is 1. The minimum atomic E-state index is -2.16. The van der Waals surface area contributed by atoms with Crippen molar-refractivity contribution in [2.24, 2.45) is 5.73 Å². The zero-order valence-corrected chi connectivity index (χ0v) is 7.59. The maximum atomic E-state index is 10.8. The van der Waals surface area contributed by atoms with Crippen molar-refractivity contribution < 1.29 is 19.5 Å². The van der Waals surface area contributed by atoms with Crippen molar-refractivity contribution in [3.05, 3.63) is 0 Å². The molecular formula is C5H9N3O4S. The number of thiol groups is 1. The molecule has 0 aliphatic rings. The van der Waals surface area contributed by atoms with Crippen molar-refractivity contribution in [3.63, 3.8) is 0 Å². The second-order valence-corrected chi connectivity index (χ2v) is 2.86. The number of urea groups is 1. The average molecular weight is 207 g/mol. The van der Waals surface area contributed by atoms with Crippen LogP contribution in [0.25, 0.3) is 0 Å². The number of carboxylic acid groups (broad SMARTS) is 1. The highest BCUT2D eigenvalue weighted by atomic mass is 32.1. The highest BCUT2D eigenvalue weighted by Gasteiger charge is 2.40. The van der Waals surface area contributed by atoms with Crippen molar-refractivity contribution >= 4 is 30.4 Å². The van der Waals surface area contributed by atoms with Crippen molar-refractivity contribution in [2.75, 3.05) is 0 Å². The first-order chi connectivity index (χ1) is 5.80. The fourth-order valence-corrected chi connectivity index (χ4v) is 0.500. The minimum absolute atomic E-state index is 0.780. The summed E-state index contributed by atoms with van der Waals surface area (Å²) in [5, 5.41) is 8.56. The molecular weight excluding hydrogens is 198 g/mol. The summed E-state index contributed by atoms with van der Waals surface area (Å²) in [6, 6.07) is -1.01. The molecule has 13 heavy (non-hydrogen) atoms. The van der Waals surface area contributed by atoms with Gasteiger partial charge in [0.05, 0.1) is 0 Å². The average Bonchev–Trinajstić information content (AvgIpc) is 1.99. The first-order valence-electron chi connectivity index (χ1n) is 3.10. The van der Waals surface area contributed by atoms with Gasteiger partial charge in [0, 0.05) is 0 Å². The van der Waals surface area contributed by atoms with E-state index in [0.29, 0.717) is 0 Å². The number of carbonyl (C=O) groups is 3. The number of Topliss-reactive ketones (excluding diaryl/α,β-unsaturated/α-hetero) is 1. The van der Waals surface area contributed by atoms with Crippen molar-refractivity contribution in [1.82, 2.24) is 10.9 Å². The molecule has 0 aliphatic carbocycles. The van der Waals surface area contributed by atoms with Crippen LogP contribution in [-0.4, -0.2) is 27.8 Å². The number of nitrogens with one attached hydrogen (secondary N) is 2. The van der Waals surface area contributed by atoms with Gasteiger partial charge in [-0.1, -0.05) is 0 Å². The van der Waals surface area contributed by atoms with E-state index in [2.05, 4.69) is 18.4 Å². The first kappa shape index (κ1) is 11.7. The molecule has 1 unspecified atom stereocenters. The maximum Gasteiger partial charge on any atom is 0.343 e. The molecule has 0 saturated heterocycles. The summed E-state index contributed by atoms with van der Waals surface area (Å²) in [7, 11) is 0. The normalized spacial score (nSPS) is 14.3. The standard InChI is InChI=1S/C5H9N3O4S/c1-2(9)5(13,3(10)11)8-7-4(6)12/h8,13H,1H3,(H,10,11)(H3,6,7,12). The molecule has 0 aromatic heterocycles. The molecule has 0 spiro atoms. The van der Waals surface area contributed by atoms with Crippen LogP contribution in [0.2, 0.25) is 0 Å². The molecule has 1 atom stereocenters. The molecule has 0 bridgehead atoms. The number of hydrazine groups is 1. The predicted octanol–water partition coefficient (Wildman–Crippen LogP) is -1.54. The fourth-order valence-electron chi connectivity index (χ4n) is 0.444. The molecule has 0 aromatic carbocycles. The van der Waals surface area contributed by atoms with Gasteiger partial charge in [-0.15, -0.1) is 12.6 Å². The van der Waals surface area contributed by atoms with Crippen LogP contribution in [0.15, 0.2) is 0 Å². The van der Waals surface area contributed by atoms with Gasteiger partial charge in [0.2, 0.25) is 4.87 Å². The molecule has 0 saturated carbocycles. The predicted molar refractivity (Wildman–Crippen MR) is 45.9 cm³/mol. The van der Waals surface area contributed by atoms with Gasteiger partial charge in [-0.2, -0.15) is 5.43 Å². The Bertz CT molecular complexity index is 240. The van der Waals surface area contributed by atoms with Crippen LogP contribution in [-0.2, 0) is 9.59 Å². The van der Waals surface area contributed by atoms with E-state index in [9.17, 15) is 14.4 Å². The van der Waals surface area contributed by atoms with Crippen LogP contribution in [0, 0.1) is 0 Å². The number of carboxylic acids is 1. The molecule has 7 nitrogen and oxygen atoms in total. The number of rotatable bonds is 4. The maximum absolute atomic E-state index is 10.8. The summed E-state index contributed by atoms with van der Waals surface area (Å²) in [5.74, 6) is -2.31. The van der Waals surface area contributed by atoms with Gasteiger partial charge in [-0.05, 0) is 6.92 Å². The van der Waals surface area contributed by atoms with Crippen LogP contribution in [0.3, 0.4) is 0 Å². The second kappa shape index (κ2) is 4.10. The van der Waals surface area contributed by atoms with E-state index in [0.717, 1.165) is 6.92 Å². The van der Waals surface area contributed by atoms with Gasteiger partial charge in [-0.3, -0.25) is 10.2 Å². The van der Waals surface area contributed by atoms with E-state index in [1.807, 2.05) is 5.43 Å². The highest BCUT2D eigenvalue weighted by Crippen LogP contribution is 2.10. The summed E-state index contributed by atoms with van der Waals surface area (Å²) < 4.78 is 0. The van der Waals surface area contributed by atoms with Gasteiger partial charge >= 0.3 is 12.0 Å². The zero-order valence-electron chi connectivity index (χ0n) is 6.70. The number of hydrogen-bond donors (Lipinski definition) is 5. The van der Waals surface area contributed by atoms with Crippen LogP contribution in [0.1, 0.15) is 6.92 Å². The van der Waals surface area contributed by atoms with E-state index in [-0.39, 0.29) is 0 Å². The largest absolute Gasteiger partial charge is 0.479 e. The third-order valence-electron chi connectivity index (χ3n) is 1.19. The monoisotopic (exact) mass is 207 g/mol. The molecule has 8 heteroatoms. The molecule has 0 aliphatic heterocycles. The van der Waals surface area contributed by atoms with E-state index in [4.69, 9.17) is 5.11 Å². The second-order valence-electron chi connectivity index (χ2n) is 2.19. The Morgan fingerprint density at radius 2 is 1.92 bits per heavy atom. The SMILES string of the molecule is CC(=O)C(S)(NNC(N)=O)C(=O)O. The van der Waals surface area contributed by atoms with Gasteiger partial charge in [-0.25, -0.2) is 9.59 Å². The molecule has 0 rings (SSSR count). The Morgan fingerprint density at radius 1 is 1.46 bits per heavy atom. The molecule has 5 N–H and O–H groups in total. The number of hydrogen-bond acceptors (Lipinski definition) is 5. The Hall–Kier alpha value is -1.28. The summed E-state index contributed by atoms with van der Waals surface area (Å²) >= 11 is 3.55. The molecule has 0 fully saturated rings. The number of nitrogens with two attached hydrogens (primary N) is 1. The number of carbonyl (C=O) groups excluding carboxylic acids is 2. The third-order valence-corrected chi connectivity index (χ3v) is 1.80. The number of ketones is 1. The lowest BCUT2D eigenvalue weighted by atomic mass is 10.2. The van der Waals surface area contributed by atoms with Crippen molar-refractivity contribution in [3.8, 4) is 0 Å². The summed E-state index contributed by atoms with van der Waals surface area (Å²) in [6.45, 7) is 1.01.